The second kappa shape index (κ2) is 5.52. The van der Waals surface area contributed by atoms with Gasteiger partial charge in [0.05, 0.1) is 6.54 Å². The van der Waals surface area contributed by atoms with Gasteiger partial charge in [0.15, 0.2) is 0 Å². The Kier molecular flexibility index (Phi) is 4.14. The number of nitrogens with zero attached hydrogens (tertiary/aromatic N) is 3. The highest BCUT2D eigenvalue weighted by Gasteiger charge is 2.24. The molecule has 0 fully saturated rings. The van der Waals surface area contributed by atoms with Gasteiger partial charge in [-0.15, -0.1) is 0 Å². The molecule has 110 valence electrons. The highest BCUT2D eigenvalue weighted by Crippen LogP contribution is 2.24. The number of aromatic nitrogens is 1. The molecule has 0 aromatic carbocycles. The van der Waals surface area contributed by atoms with E-state index in [1.54, 1.807) is 0 Å². The monoisotopic (exact) mass is 275 g/mol. The molecule has 1 amide bonds. The van der Waals surface area contributed by atoms with Crippen molar-refractivity contribution in [2.24, 2.45) is 0 Å². The molecule has 0 N–H and O–H groups in total. The third-order valence-electron chi connectivity index (χ3n) is 3.62. The molecule has 1 aliphatic rings. The molecule has 2 heterocycles. The summed E-state index contributed by atoms with van der Waals surface area (Å²) in [6.07, 6.45) is 0.860. The van der Waals surface area contributed by atoms with Gasteiger partial charge in [-0.3, -0.25) is 9.78 Å². The van der Waals surface area contributed by atoms with Crippen LogP contribution in [0.2, 0.25) is 0 Å². The molecule has 0 spiro atoms. The molecule has 4 heteroatoms. The molecule has 4 nitrogen and oxygen atoms in total. The van der Waals surface area contributed by atoms with Crippen LogP contribution in [0.3, 0.4) is 0 Å². The lowest BCUT2D eigenvalue weighted by Gasteiger charge is -2.30. The van der Waals surface area contributed by atoms with Crippen LogP contribution in [0.15, 0.2) is 12.1 Å². The quantitative estimate of drug-likeness (QED) is 0.826. The lowest BCUT2D eigenvalue weighted by molar-refractivity contribution is -0.132. The third-order valence-corrected chi connectivity index (χ3v) is 3.62. The largest absolute Gasteiger partial charge is 0.337 e. The Balaban J connectivity index is 2.14. The molecule has 1 aliphatic heterocycles. The van der Waals surface area contributed by atoms with Crippen LogP contribution in [0.5, 0.6) is 0 Å². The van der Waals surface area contributed by atoms with Gasteiger partial charge >= 0.3 is 0 Å². The first-order valence-electron chi connectivity index (χ1n) is 7.19. The minimum Gasteiger partial charge on any atom is -0.337 e. The SMILES string of the molecule is CN(C)CC(=O)N1CCc2nc(C(C)(C)C)ccc2C1. The number of rotatable bonds is 2. The zero-order valence-corrected chi connectivity index (χ0v) is 13.2. The van der Waals surface area contributed by atoms with E-state index < -0.39 is 0 Å². The number of fused-ring (bicyclic) bond motifs is 1. The minimum atomic E-state index is 0.0763. The van der Waals surface area contributed by atoms with Gasteiger partial charge in [-0.2, -0.15) is 0 Å². The smallest absolute Gasteiger partial charge is 0.237 e. The summed E-state index contributed by atoms with van der Waals surface area (Å²) < 4.78 is 0. The van der Waals surface area contributed by atoms with Crippen LogP contribution < -0.4 is 0 Å². The molecule has 0 saturated carbocycles. The van der Waals surface area contributed by atoms with Gasteiger partial charge in [0.2, 0.25) is 5.91 Å². The summed E-state index contributed by atoms with van der Waals surface area (Å²) in [4.78, 5) is 20.7. The van der Waals surface area contributed by atoms with Gasteiger partial charge in [0.1, 0.15) is 0 Å². The molecule has 0 radical (unpaired) electrons. The summed E-state index contributed by atoms with van der Waals surface area (Å²) in [5.41, 5.74) is 3.56. The van der Waals surface area contributed by atoms with Gasteiger partial charge in [0.25, 0.3) is 0 Å². The number of carbonyl (C=O) groups excluding carboxylic acids is 1. The molecule has 2 rings (SSSR count). The molecular weight excluding hydrogens is 250 g/mol. The average Bonchev–Trinajstić information content (AvgIpc) is 2.35. The molecule has 0 atom stereocenters. The van der Waals surface area contributed by atoms with Gasteiger partial charge < -0.3 is 9.80 Å². The molecule has 1 aromatic heterocycles. The van der Waals surface area contributed by atoms with E-state index in [4.69, 9.17) is 4.98 Å². The fraction of sp³-hybridized carbons (Fsp3) is 0.625. The first kappa shape index (κ1) is 15.0. The van der Waals surface area contributed by atoms with Gasteiger partial charge in [-0.1, -0.05) is 26.8 Å². The van der Waals surface area contributed by atoms with Crippen LogP contribution >= 0.6 is 0 Å². The summed E-state index contributed by atoms with van der Waals surface area (Å²) in [5, 5.41) is 0. The van der Waals surface area contributed by atoms with Crippen LogP contribution in [0.25, 0.3) is 0 Å². The van der Waals surface area contributed by atoms with Crippen LogP contribution in [0.4, 0.5) is 0 Å². The Morgan fingerprint density at radius 2 is 2.05 bits per heavy atom. The number of likely N-dealkylation sites (N-methyl/N-ethyl adjacent to an activating group) is 1. The summed E-state index contributed by atoms with van der Waals surface area (Å²) in [6.45, 7) is 8.48. The van der Waals surface area contributed by atoms with Gasteiger partial charge in [0, 0.05) is 36.3 Å². The number of pyridine rings is 1. The maximum absolute atomic E-state index is 12.1. The fourth-order valence-electron chi connectivity index (χ4n) is 2.42. The van der Waals surface area contributed by atoms with E-state index in [1.165, 1.54) is 5.56 Å². The van der Waals surface area contributed by atoms with Crippen molar-refractivity contribution >= 4 is 5.91 Å². The van der Waals surface area contributed by atoms with E-state index in [-0.39, 0.29) is 11.3 Å². The lowest BCUT2D eigenvalue weighted by atomic mass is 9.90. The molecule has 0 unspecified atom stereocenters. The summed E-state index contributed by atoms with van der Waals surface area (Å²) in [5.74, 6) is 0.195. The molecule has 20 heavy (non-hydrogen) atoms. The standard InChI is InChI=1S/C16H25N3O/c1-16(2,3)14-7-6-12-10-19(9-8-13(12)17-14)15(20)11-18(4)5/h6-7H,8-11H2,1-5H3. The third kappa shape index (κ3) is 3.37. The van der Waals surface area contributed by atoms with Gasteiger partial charge in [-0.25, -0.2) is 0 Å². The Morgan fingerprint density at radius 3 is 2.65 bits per heavy atom. The van der Waals surface area contributed by atoms with E-state index in [9.17, 15) is 4.79 Å². The summed E-state index contributed by atoms with van der Waals surface area (Å²) >= 11 is 0. The van der Waals surface area contributed by atoms with E-state index in [0.29, 0.717) is 13.1 Å². The normalized spacial score (nSPS) is 15.4. The Morgan fingerprint density at radius 1 is 1.35 bits per heavy atom. The Labute approximate surface area is 121 Å². The van der Waals surface area contributed by atoms with E-state index in [0.717, 1.165) is 24.4 Å². The zero-order chi connectivity index (χ0) is 14.9. The second-order valence-electron chi connectivity index (χ2n) is 6.86. The van der Waals surface area contributed by atoms with Crippen LogP contribution in [0, 0.1) is 0 Å². The van der Waals surface area contributed by atoms with E-state index in [1.807, 2.05) is 23.9 Å². The number of amides is 1. The highest BCUT2D eigenvalue weighted by molar-refractivity contribution is 5.78. The topological polar surface area (TPSA) is 36.4 Å². The highest BCUT2D eigenvalue weighted by atomic mass is 16.2. The van der Waals surface area contributed by atoms with Gasteiger partial charge in [-0.05, 0) is 25.7 Å². The maximum Gasteiger partial charge on any atom is 0.237 e. The number of carbonyl (C=O) groups is 1. The van der Waals surface area contributed by atoms with Crippen molar-refractivity contribution in [1.82, 2.24) is 14.8 Å². The van der Waals surface area contributed by atoms with Crippen LogP contribution in [0.1, 0.15) is 37.7 Å². The van der Waals surface area contributed by atoms with Crippen molar-refractivity contribution in [3.05, 3.63) is 29.1 Å². The van der Waals surface area contributed by atoms with Crippen molar-refractivity contribution < 1.29 is 4.79 Å². The number of hydrogen-bond acceptors (Lipinski definition) is 3. The summed E-state index contributed by atoms with van der Waals surface area (Å²) in [7, 11) is 3.85. The fourth-order valence-corrected chi connectivity index (χ4v) is 2.42. The lowest BCUT2D eigenvalue weighted by Crippen LogP contribution is -2.41. The first-order chi connectivity index (χ1) is 9.27. The van der Waals surface area contributed by atoms with Crippen LogP contribution in [-0.2, 0) is 23.2 Å². The zero-order valence-electron chi connectivity index (χ0n) is 13.2. The second-order valence-corrected chi connectivity index (χ2v) is 6.86. The average molecular weight is 275 g/mol. The predicted octanol–water partition coefficient (Wildman–Crippen LogP) is 1.83. The van der Waals surface area contributed by atoms with Crippen LogP contribution in [-0.4, -0.2) is 47.9 Å². The van der Waals surface area contributed by atoms with E-state index >= 15 is 0 Å². The maximum atomic E-state index is 12.1. The molecular formula is C16H25N3O. The molecule has 0 saturated heterocycles. The Hall–Kier alpha value is -1.42. The van der Waals surface area contributed by atoms with Crippen molar-refractivity contribution in [3.63, 3.8) is 0 Å². The molecule has 1 aromatic rings. The molecule has 0 bridgehead atoms. The first-order valence-corrected chi connectivity index (χ1v) is 7.19. The van der Waals surface area contributed by atoms with E-state index in [2.05, 4.69) is 32.9 Å². The Bertz CT molecular complexity index is 503. The van der Waals surface area contributed by atoms with Crippen molar-refractivity contribution in [1.29, 1.82) is 0 Å². The summed E-state index contributed by atoms with van der Waals surface area (Å²) in [6, 6.07) is 4.23. The molecule has 0 aliphatic carbocycles. The van der Waals surface area contributed by atoms with Crippen molar-refractivity contribution in [2.75, 3.05) is 27.2 Å². The predicted molar refractivity (Wildman–Crippen MR) is 80.6 cm³/mol. The van der Waals surface area contributed by atoms with Crippen molar-refractivity contribution in [3.8, 4) is 0 Å². The number of hydrogen-bond donors (Lipinski definition) is 0. The minimum absolute atomic E-state index is 0.0763. The van der Waals surface area contributed by atoms with Crippen molar-refractivity contribution in [2.45, 2.75) is 39.2 Å².